The first-order chi connectivity index (χ1) is 12.5. The quantitative estimate of drug-likeness (QED) is 0.824. The minimum Gasteiger partial charge on any atom is -0.335 e. The van der Waals surface area contributed by atoms with Crippen LogP contribution in [0.15, 0.2) is 6.07 Å². The van der Waals surface area contributed by atoms with Crippen molar-refractivity contribution in [1.29, 1.82) is 0 Å². The lowest BCUT2D eigenvalue weighted by Crippen LogP contribution is -2.35. The van der Waals surface area contributed by atoms with Gasteiger partial charge in [0.1, 0.15) is 11.5 Å². The predicted octanol–water partition coefficient (Wildman–Crippen LogP) is 2.27. The molecule has 0 saturated heterocycles. The lowest BCUT2D eigenvalue weighted by molar-refractivity contribution is 0.0745. The molecule has 1 saturated carbocycles. The molecule has 26 heavy (non-hydrogen) atoms. The number of carbonyl (C=O) groups is 1. The summed E-state index contributed by atoms with van der Waals surface area (Å²) in [5, 5.41) is 9.27. The zero-order valence-electron chi connectivity index (χ0n) is 16.0. The topological polar surface area (TPSA) is 68.8 Å². The maximum absolute atomic E-state index is 13.1. The summed E-state index contributed by atoms with van der Waals surface area (Å²) in [4.78, 5) is 19.7. The Kier molecular flexibility index (Phi) is 4.54. The molecule has 140 valence electrons. The van der Waals surface area contributed by atoms with Gasteiger partial charge in [-0.3, -0.25) is 9.48 Å². The van der Waals surface area contributed by atoms with Crippen LogP contribution in [0, 0.1) is 5.92 Å². The largest absolute Gasteiger partial charge is 0.335 e. The van der Waals surface area contributed by atoms with Crippen LogP contribution in [0.3, 0.4) is 0 Å². The fourth-order valence-corrected chi connectivity index (χ4v) is 3.60. The van der Waals surface area contributed by atoms with Crippen LogP contribution in [0.5, 0.6) is 0 Å². The van der Waals surface area contributed by atoms with E-state index in [0.29, 0.717) is 37.2 Å². The van der Waals surface area contributed by atoms with Crippen LogP contribution in [0.25, 0.3) is 0 Å². The second-order valence-corrected chi connectivity index (χ2v) is 7.86. The van der Waals surface area contributed by atoms with E-state index in [2.05, 4.69) is 24.0 Å². The summed E-state index contributed by atoms with van der Waals surface area (Å²) in [7, 11) is 0. The van der Waals surface area contributed by atoms with E-state index in [-0.39, 0.29) is 5.91 Å². The van der Waals surface area contributed by atoms with Gasteiger partial charge in [0.05, 0.1) is 12.2 Å². The smallest absolute Gasteiger partial charge is 0.272 e. The first-order valence-corrected chi connectivity index (χ1v) is 9.84. The summed E-state index contributed by atoms with van der Waals surface area (Å²) in [5.41, 5.74) is 1.71. The van der Waals surface area contributed by atoms with E-state index in [1.807, 2.05) is 27.3 Å². The highest BCUT2D eigenvalue weighted by atomic mass is 16.2. The first-order valence-electron chi connectivity index (χ1n) is 9.84. The Bertz CT molecular complexity index is 776. The molecule has 4 rings (SSSR count). The highest BCUT2D eigenvalue weighted by Gasteiger charge is 2.30. The monoisotopic (exact) mass is 356 g/mol. The number of amides is 1. The Morgan fingerprint density at radius 2 is 2.04 bits per heavy atom. The summed E-state index contributed by atoms with van der Waals surface area (Å²) in [6.07, 6.45) is 4.10. The van der Waals surface area contributed by atoms with Gasteiger partial charge in [-0.2, -0.15) is 10.2 Å². The van der Waals surface area contributed by atoms with Gasteiger partial charge in [0, 0.05) is 32.0 Å². The Balaban J connectivity index is 1.48. The van der Waals surface area contributed by atoms with Gasteiger partial charge in [-0.25, -0.2) is 9.67 Å². The number of aromatic nitrogens is 5. The molecule has 2 aromatic heterocycles. The Morgan fingerprint density at radius 3 is 2.73 bits per heavy atom. The SMILES string of the molecule is CCn1nc(CC(C)C)cc1C(=O)N1CCc2nc(C3CC3)nn2CC1. The average Bonchev–Trinajstić information content (AvgIpc) is 3.31. The molecule has 0 radical (unpaired) electrons. The maximum atomic E-state index is 13.1. The first kappa shape index (κ1) is 17.2. The fourth-order valence-electron chi connectivity index (χ4n) is 3.60. The van der Waals surface area contributed by atoms with Crippen molar-refractivity contribution in [2.24, 2.45) is 5.92 Å². The van der Waals surface area contributed by atoms with Crippen LogP contribution in [-0.4, -0.2) is 48.4 Å². The minimum atomic E-state index is 0.0718. The molecule has 0 aromatic carbocycles. The van der Waals surface area contributed by atoms with E-state index in [0.717, 1.165) is 36.7 Å². The van der Waals surface area contributed by atoms with Gasteiger partial charge in [0.15, 0.2) is 5.82 Å². The van der Waals surface area contributed by atoms with Gasteiger partial charge in [0.2, 0.25) is 0 Å². The lowest BCUT2D eigenvalue weighted by Gasteiger charge is -2.20. The van der Waals surface area contributed by atoms with Crippen LogP contribution in [0.1, 0.15) is 67.4 Å². The molecule has 1 aliphatic carbocycles. The molecule has 2 aliphatic rings. The molecule has 1 fully saturated rings. The van der Waals surface area contributed by atoms with Crippen molar-refractivity contribution in [3.8, 4) is 0 Å². The molecule has 1 aliphatic heterocycles. The molecule has 2 aromatic rings. The molecular weight excluding hydrogens is 328 g/mol. The van der Waals surface area contributed by atoms with Crippen molar-refractivity contribution >= 4 is 5.91 Å². The molecule has 1 amide bonds. The highest BCUT2D eigenvalue weighted by molar-refractivity contribution is 5.92. The van der Waals surface area contributed by atoms with Crippen molar-refractivity contribution in [3.63, 3.8) is 0 Å². The van der Waals surface area contributed by atoms with Gasteiger partial charge < -0.3 is 4.90 Å². The van der Waals surface area contributed by atoms with Crippen LogP contribution in [-0.2, 0) is 25.9 Å². The van der Waals surface area contributed by atoms with Crippen molar-refractivity contribution in [1.82, 2.24) is 29.4 Å². The van der Waals surface area contributed by atoms with E-state index >= 15 is 0 Å². The molecular formula is C19H28N6O. The Labute approximate surface area is 154 Å². The van der Waals surface area contributed by atoms with E-state index in [1.165, 1.54) is 12.8 Å². The van der Waals surface area contributed by atoms with Crippen molar-refractivity contribution in [3.05, 3.63) is 29.1 Å². The molecule has 0 atom stereocenters. The molecule has 7 heteroatoms. The molecule has 0 spiro atoms. The number of carbonyl (C=O) groups excluding carboxylic acids is 1. The van der Waals surface area contributed by atoms with Crippen molar-refractivity contribution in [2.75, 3.05) is 13.1 Å². The minimum absolute atomic E-state index is 0.0718. The summed E-state index contributed by atoms with van der Waals surface area (Å²) >= 11 is 0. The number of rotatable bonds is 5. The highest BCUT2D eigenvalue weighted by Crippen LogP contribution is 2.38. The number of hydrogen-bond donors (Lipinski definition) is 0. The maximum Gasteiger partial charge on any atom is 0.272 e. The van der Waals surface area contributed by atoms with E-state index in [1.54, 1.807) is 0 Å². The standard InChI is InChI=1S/C19H28N6O/c1-4-24-16(12-15(21-24)11-13(2)3)19(26)23-8-7-17-20-18(14-5-6-14)22-25(17)10-9-23/h12-14H,4-11H2,1-3H3. The Hall–Kier alpha value is -2.18. The van der Waals surface area contributed by atoms with Gasteiger partial charge in [-0.05, 0) is 38.2 Å². The summed E-state index contributed by atoms with van der Waals surface area (Å²) in [6.45, 7) is 9.17. The van der Waals surface area contributed by atoms with Crippen LogP contribution < -0.4 is 0 Å². The Morgan fingerprint density at radius 1 is 1.23 bits per heavy atom. The third kappa shape index (κ3) is 3.39. The predicted molar refractivity (Wildman–Crippen MR) is 98.0 cm³/mol. The fraction of sp³-hybridized carbons (Fsp3) is 0.684. The van der Waals surface area contributed by atoms with Crippen LogP contribution >= 0.6 is 0 Å². The van der Waals surface area contributed by atoms with E-state index in [4.69, 9.17) is 4.98 Å². The second kappa shape index (κ2) is 6.85. The average molecular weight is 356 g/mol. The molecule has 0 N–H and O–H groups in total. The normalized spacial score (nSPS) is 17.5. The van der Waals surface area contributed by atoms with E-state index < -0.39 is 0 Å². The number of fused-ring (bicyclic) bond motifs is 1. The summed E-state index contributed by atoms with van der Waals surface area (Å²) in [6, 6.07) is 1.97. The summed E-state index contributed by atoms with van der Waals surface area (Å²) in [5.74, 6) is 3.20. The second-order valence-electron chi connectivity index (χ2n) is 7.86. The molecule has 7 nitrogen and oxygen atoms in total. The zero-order valence-corrected chi connectivity index (χ0v) is 16.0. The zero-order chi connectivity index (χ0) is 18.3. The van der Waals surface area contributed by atoms with Gasteiger partial charge in [0.25, 0.3) is 5.91 Å². The molecule has 3 heterocycles. The lowest BCUT2D eigenvalue weighted by atomic mass is 10.1. The number of aryl methyl sites for hydroxylation is 1. The number of hydrogen-bond acceptors (Lipinski definition) is 4. The summed E-state index contributed by atoms with van der Waals surface area (Å²) < 4.78 is 3.84. The van der Waals surface area contributed by atoms with Gasteiger partial charge in [-0.15, -0.1) is 0 Å². The molecule has 0 bridgehead atoms. The van der Waals surface area contributed by atoms with Gasteiger partial charge >= 0.3 is 0 Å². The van der Waals surface area contributed by atoms with E-state index in [9.17, 15) is 4.79 Å². The van der Waals surface area contributed by atoms with Crippen molar-refractivity contribution < 1.29 is 4.79 Å². The number of nitrogens with zero attached hydrogens (tertiary/aromatic N) is 6. The third-order valence-corrected chi connectivity index (χ3v) is 5.15. The molecule has 0 unspecified atom stereocenters. The van der Waals surface area contributed by atoms with Crippen molar-refractivity contribution in [2.45, 2.75) is 65.5 Å². The van der Waals surface area contributed by atoms with Crippen LogP contribution in [0.4, 0.5) is 0 Å². The van der Waals surface area contributed by atoms with Gasteiger partial charge in [-0.1, -0.05) is 13.8 Å². The third-order valence-electron chi connectivity index (χ3n) is 5.15. The van der Waals surface area contributed by atoms with Crippen LogP contribution in [0.2, 0.25) is 0 Å².